The van der Waals surface area contributed by atoms with E-state index in [0.717, 1.165) is 44.2 Å². The predicted octanol–water partition coefficient (Wildman–Crippen LogP) is 1.25. The summed E-state index contributed by atoms with van der Waals surface area (Å²) in [6.45, 7) is 1.95. The number of ether oxygens (including phenoxy) is 1. The van der Waals surface area contributed by atoms with Crippen LogP contribution in [-0.4, -0.2) is 43.9 Å². The molecule has 0 bridgehead atoms. The van der Waals surface area contributed by atoms with E-state index < -0.39 is 15.3 Å². The van der Waals surface area contributed by atoms with Crippen molar-refractivity contribution in [3.05, 3.63) is 0 Å². The molecule has 21 heavy (non-hydrogen) atoms. The second-order valence-corrected chi connectivity index (χ2v) is 8.68. The van der Waals surface area contributed by atoms with Crippen molar-refractivity contribution in [2.75, 3.05) is 13.1 Å². The fraction of sp³-hybridized carbons (Fsp3) is 0.929. The van der Waals surface area contributed by atoms with Crippen molar-refractivity contribution in [3.63, 3.8) is 0 Å². The Hall–Kier alpha value is -0.820. The van der Waals surface area contributed by atoms with Crippen molar-refractivity contribution in [2.24, 2.45) is 16.2 Å². The number of sulfonamides is 1. The summed E-state index contributed by atoms with van der Waals surface area (Å²) in [5.41, 5.74) is 3.12. The Morgan fingerprint density at radius 3 is 2.52 bits per heavy atom. The number of hydrogen-bond donors (Lipinski definition) is 1. The lowest BCUT2D eigenvalue weighted by Crippen LogP contribution is -2.50. The molecule has 0 spiro atoms. The van der Waals surface area contributed by atoms with Crippen LogP contribution >= 0.6 is 0 Å². The van der Waals surface area contributed by atoms with Gasteiger partial charge in [-0.15, -0.1) is 4.40 Å². The fourth-order valence-electron chi connectivity index (χ4n) is 4.39. The Labute approximate surface area is 126 Å². The van der Waals surface area contributed by atoms with Crippen LogP contribution in [0.15, 0.2) is 4.40 Å². The van der Waals surface area contributed by atoms with Crippen LogP contribution in [0, 0.1) is 11.8 Å². The smallest absolute Gasteiger partial charge is 0.315 e. The predicted molar refractivity (Wildman–Crippen MR) is 79.0 cm³/mol. The molecule has 4 rings (SSSR count). The van der Waals surface area contributed by atoms with Crippen molar-refractivity contribution in [1.29, 1.82) is 0 Å². The van der Waals surface area contributed by atoms with E-state index >= 15 is 0 Å². The summed E-state index contributed by atoms with van der Waals surface area (Å²) >= 11 is 0. The molecule has 1 N–H and O–H groups in total. The summed E-state index contributed by atoms with van der Waals surface area (Å²) in [6.07, 6.45) is 7.19. The van der Waals surface area contributed by atoms with Gasteiger partial charge in [0.15, 0.2) is 0 Å². The minimum absolute atomic E-state index is 0.193. The number of hydrazine groups is 1. The zero-order valence-corrected chi connectivity index (χ0v) is 13.0. The van der Waals surface area contributed by atoms with E-state index in [-0.39, 0.29) is 12.1 Å². The van der Waals surface area contributed by atoms with Gasteiger partial charge in [-0.05, 0) is 43.9 Å². The molecular formula is C14H23N3O3S. The van der Waals surface area contributed by atoms with E-state index in [1.807, 2.05) is 0 Å². The van der Waals surface area contributed by atoms with E-state index in [9.17, 15) is 8.42 Å². The molecular weight excluding hydrogens is 290 g/mol. The highest BCUT2D eigenvalue weighted by molar-refractivity contribution is 7.91. The maximum absolute atomic E-state index is 12.3. The van der Waals surface area contributed by atoms with Gasteiger partial charge >= 0.3 is 6.02 Å². The molecule has 0 amide bonds. The minimum atomic E-state index is -3.42. The molecule has 2 saturated carbocycles. The zero-order chi connectivity index (χ0) is 14.4. The molecule has 118 valence electrons. The van der Waals surface area contributed by atoms with Gasteiger partial charge in [-0.25, -0.2) is 13.4 Å². The van der Waals surface area contributed by atoms with Gasteiger partial charge in [0.25, 0.3) is 10.0 Å². The first kappa shape index (κ1) is 13.8. The number of rotatable bonds is 1. The van der Waals surface area contributed by atoms with Crippen molar-refractivity contribution in [3.8, 4) is 0 Å². The molecule has 2 aliphatic carbocycles. The average Bonchev–Trinajstić information content (AvgIpc) is 2.99. The van der Waals surface area contributed by atoms with Gasteiger partial charge in [0.05, 0.1) is 0 Å². The van der Waals surface area contributed by atoms with Gasteiger partial charge in [0, 0.05) is 13.1 Å². The third-order valence-corrected chi connectivity index (χ3v) is 7.20. The molecule has 1 saturated heterocycles. The van der Waals surface area contributed by atoms with Crippen LogP contribution in [0.25, 0.3) is 0 Å². The Morgan fingerprint density at radius 1 is 1.05 bits per heavy atom. The van der Waals surface area contributed by atoms with Crippen LogP contribution in [0.5, 0.6) is 0 Å². The SMILES string of the molecule is O=S1(=O)N=C(NN2CC3CCCC3C2)OC2CCCCC21. The van der Waals surface area contributed by atoms with Gasteiger partial charge < -0.3 is 4.74 Å². The van der Waals surface area contributed by atoms with Crippen LogP contribution in [0.4, 0.5) is 0 Å². The molecule has 6 nitrogen and oxygen atoms in total. The zero-order valence-electron chi connectivity index (χ0n) is 12.2. The lowest BCUT2D eigenvalue weighted by molar-refractivity contribution is 0.115. The van der Waals surface area contributed by atoms with Crippen molar-refractivity contribution in [1.82, 2.24) is 10.4 Å². The first-order chi connectivity index (χ1) is 10.1. The monoisotopic (exact) mass is 313 g/mol. The van der Waals surface area contributed by atoms with Gasteiger partial charge in [-0.1, -0.05) is 12.8 Å². The molecule has 3 fully saturated rings. The molecule has 0 radical (unpaired) electrons. The molecule has 0 aromatic rings. The Balaban J connectivity index is 1.47. The van der Waals surface area contributed by atoms with E-state index in [1.54, 1.807) is 0 Å². The van der Waals surface area contributed by atoms with E-state index in [0.29, 0.717) is 6.42 Å². The summed E-state index contributed by atoms with van der Waals surface area (Å²) in [6, 6.07) is 0.193. The van der Waals surface area contributed by atoms with Gasteiger partial charge in [-0.3, -0.25) is 5.43 Å². The lowest BCUT2D eigenvalue weighted by atomic mass is 9.97. The maximum Gasteiger partial charge on any atom is 0.315 e. The second kappa shape index (κ2) is 5.12. The highest BCUT2D eigenvalue weighted by Gasteiger charge is 2.43. The standard InChI is InChI=1S/C14H23N3O3S/c18-21(19)13-7-2-1-6-12(13)20-14(16-21)15-17-8-10-4-3-5-11(10)9-17/h10-13H,1-9H2,(H,15,16). The fourth-order valence-corrected chi connectivity index (χ4v) is 5.89. The third-order valence-electron chi connectivity index (χ3n) is 5.48. The summed E-state index contributed by atoms with van der Waals surface area (Å²) in [5.74, 6) is 1.50. The molecule has 0 aromatic carbocycles. The second-order valence-electron chi connectivity index (χ2n) is 6.86. The molecule has 7 heteroatoms. The first-order valence-corrected chi connectivity index (χ1v) is 9.64. The summed E-state index contributed by atoms with van der Waals surface area (Å²) in [5, 5.41) is 1.65. The first-order valence-electron chi connectivity index (χ1n) is 8.14. The third kappa shape index (κ3) is 2.54. The normalized spacial score (nSPS) is 41.8. The molecule has 4 aliphatic rings. The Bertz CT molecular complexity index is 536. The molecule has 0 aromatic heterocycles. The van der Waals surface area contributed by atoms with Crippen LogP contribution in [0.1, 0.15) is 44.9 Å². The minimum Gasteiger partial charge on any atom is -0.459 e. The highest BCUT2D eigenvalue weighted by Crippen LogP contribution is 2.37. The molecule has 2 aliphatic heterocycles. The Morgan fingerprint density at radius 2 is 1.76 bits per heavy atom. The number of nitrogens with one attached hydrogen (secondary N) is 1. The van der Waals surface area contributed by atoms with Gasteiger partial charge in [0.1, 0.15) is 11.4 Å². The summed E-state index contributed by atoms with van der Waals surface area (Å²) in [7, 11) is -3.42. The lowest BCUT2D eigenvalue weighted by Gasteiger charge is -2.34. The summed E-state index contributed by atoms with van der Waals surface area (Å²) in [4.78, 5) is 0. The highest BCUT2D eigenvalue weighted by atomic mass is 32.2. The number of nitrogens with zero attached hydrogens (tertiary/aromatic N) is 2. The maximum atomic E-state index is 12.3. The van der Waals surface area contributed by atoms with Crippen LogP contribution in [0.3, 0.4) is 0 Å². The molecule has 4 unspecified atom stereocenters. The van der Waals surface area contributed by atoms with Crippen LogP contribution < -0.4 is 5.43 Å². The van der Waals surface area contributed by atoms with Crippen molar-refractivity contribution >= 4 is 16.0 Å². The van der Waals surface area contributed by atoms with Crippen molar-refractivity contribution < 1.29 is 13.2 Å². The van der Waals surface area contributed by atoms with E-state index in [1.165, 1.54) is 19.3 Å². The average molecular weight is 313 g/mol. The van der Waals surface area contributed by atoms with Gasteiger partial charge in [0.2, 0.25) is 0 Å². The largest absolute Gasteiger partial charge is 0.459 e. The summed E-state index contributed by atoms with van der Waals surface area (Å²) < 4.78 is 34.2. The van der Waals surface area contributed by atoms with E-state index in [4.69, 9.17) is 4.74 Å². The topological polar surface area (TPSA) is 71.0 Å². The molecule has 4 atom stereocenters. The number of amidine groups is 1. The van der Waals surface area contributed by atoms with Crippen LogP contribution in [-0.2, 0) is 14.8 Å². The Kier molecular flexibility index (Phi) is 3.37. The molecule has 2 heterocycles. The van der Waals surface area contributed by atoms with Crippen LogP contribution in [0.2, 0.25) is 0 Å². The number of hydrogen-bond acceptors (Lipinski definition) is 5. The van der Waals surface area contributed by atoms with Gasteiger partial charge in [-0.2, -0.15) is 0 Å². The van der Waals surface area contributed by atoms with Crippen molar-refractivity contribution in [2.45, 2.75) is 56.3 Å². The quantitative estimate of drug-likeness (QED) is 0.789. The number of fused-ring (bicyclic) bond motifs is 2. The van der Waals surface area contributed by atoms with E-state index in [2.05, 4.69) is 14.8 Å².